The van der Waals surface area contributed by atoms with Gasteiger partial charge in [0.15, 0.2) is 0 Å². The molecule has 0 aliphatic carbocycles. The van der Waals surface area contributed by atoms with Crippen LogP contribution in [0.15, 0.2) is 12.1 Å². The maximum atomic E-state index is 2.78. The van der Waals surface area contributed by atoms with E-state index in [1.807, 2.05) is 0 Å². The summed E-state index contributed by atoms with van der Waals surface area (Å²) in [6.45, 7) is 9.42. The first-order valence-electron chi connectivity index (χ1n) is 25.0. The summed E-state index contributed by atoms with van der Waals surface area (Å²) in [5.74, 6) is 1.87. The number of unbranched alkanes of at least 4 members (excludes halogenated alkanes) is 16. The third-order valence-electron chi connectivity index (χ3n) is 13.1. The molecule has 2 aromatic heterocycles. The third kappa shape index (κ3) is 18.4. The summed E-state index contributed by atoms with van der Waals surface area (Å²) in [5, 5.41) is 3.41. The summed E-state index contributed by atoms with van der Waals surface area (Å²) in [6, 6.07) is 5.56. The van der Waals surface area contributed by atoms with E-state index in [0.29, 0.717) is 0 Å². The zero-order chi connectivity index (χ0) is 40.8. The molecule has 2 unspecified atom stereocenters. The molecule has 0 nitrogen and oxygen atoms in total. The van der Waals surface area contributed by atoms with Gasteiger partial charge in [0.05, 0.1) is 0 Å². The third-order valence-corrected chi connectivity index (χ3v) is 34.3. The standard InChI is InChI=1S/C46H76S2.6CH3.2Sn/c1-5-9-13-17-19-23-29-39(27-21-15-11-7-3)31-25-33-41-43-35-37-48-46(43)42(44-36-38-47-45(41)44)34-26-32-40(28-22-16-12-8-4)30-24-20-18-14-10-6-2;;;;;;;;/h35-36,39-40H,5-34H2,1-4H3;6*1H3;;. The zero-order valence-electron chi connectivity index (χ0n) is 39.3. The van der Waals surface area contributed by atoms with Gasteiger partial charge >= 0.3 is 291 Å². The molecule has 0 saturated heterocycles. The molecule has 0 N–H and O–H groups in total. The molecule has 56 heavy (non-hydrogen) atoms. The molecule has 0 spiro atoms. The first-order valence-corrected chi connectivity index (χ1v) is 46.6. The summed E-state index contributed by atoms with van der Waals surface area (Å²) < 4.78 is 7.05. The van der Waals surface area contributed by atoms with Crippen molar-refractivity contribution in [1.82, 2.24) is 0 Å². The van der Waals surface area contributed by atoms with Crippen LogP contribution >= 0.6 is 22.7 Å². The Kier molecular flexibility index (Phi) is 25.9. The maximum absolute atomic E-state index is 2.78. The molecule has 2 atom stereocenters. The number of fused-ring (bicyclic) bond motifs is 2. The van der Waals surface area contributed by atoms with Crippen molar-refractivity contribution in [3.8, 4) is 0 Å². The molecule has 0 aliphatic rings. The molecule has 3 aromatic rings. The Morgan fingerprint density at radius 3 is 0.946 bits per heavy atom. The van der Waals surface area contributed by atoms with E-state index in [4.69, 9.17) is 0 Å². The quantitative estimate of drug-likeness (QED) is 0.0413. The van der Waals surface area contributed by atoms with Crippen LogP contribution in [0.5, 0.6) is 0 Å². The number of thiophene rings is 2. The van der Waals surface area contributed by atoms with Gasteiger partial charge in [-0.1, -0.05) is 79.1 Å². The fourth-order valence-electron chi connectivity index (χ4n) is 9.31. The molecule has 0 bridgehead atoms. The minimum atomic E-state index is -2.25. The number of hydrogen-bond acceptors (Lipinski definition) is 2. The van der Waals surface area contributed by atoms with E-state index in [1.54, 1.807) is 37.1 Å². The Labute approximate surface area is 367 Å². The van der Waals surface area contributed by atoms with Gasteiger partial charge < -0.3 is 0 Å². The van der Waals surface area contributed by atoms with Crippen molar-refractivity contribution in [1.29, 1.82) is 0 Å². The van der Waals surface area contributed by atoms with E-state index in [2.05, 4.69) is 92.1 Å². The molecular weight excluding hydrogens is 926 g/mol. The average Bonchev–Trinajstić information content (AvgIpc) is 3.81. The van der Waals surface area contributed by atoms with Crippen molar-refractivity contribution in [3.05, 3.63) is 23.3 Å². The summed E-state index contributed by atoms with van der Waals surface area (Å²) in [4.78, 5) is 15.9. The predicted octanol–water partition coefficient (Wildman–Crippen LogP) is 18.5. The first-order chi connectivity index (χ1) is 26.9. The van der Waals surface area contributed by atoms with Crippen LogP contribution in [-0.4, -0.2) is 36.8 Å². The van der Waals surface area contributed by atoms with E-state index in [0.717, 1.165) is 11.8 Å². The molecule has 1 aromatic carbocycles. The normalized spacial score (nSPS) is 13.8. The van der Waals surface area contributed by atoms with Crippen LogP contribution in [0.4, 0.5) is 0 Å². The molecule has 4 heteroatoms. The predicted molar refractivity (Wildman–Crippen MR) is 270 cm³/mol. The van der Waals surface area contributed by atoms with Crippen molar-refractivity contribution in [3.63, 3.8) is 0 Å². The number of rotatable bonds is 34. The Bertz CT molecular complexity index is 1290. The van der Waals surface area contributed by atoms with E-state index < -0.39 is 36.8 Å². The molecule has 3 rings (SSSR count). The molecule has 2 heterocycles. The van der Waals surface area contributed by atoms with Crippen molar-refractivity contribution < 1.29 is 0 Å². The van der Waals surface area contributed by atoms with E-state index in [1.165, 1.54) is 193 Å². The fraction of sp³-hybridized carbons (Fsp3) is 0.808. The van der Waals surface area contributed by atoms with Crippen LogP contribution in [0.25, 0.3) is 20.2 Å². The van der Waals surface area contributed by atoms with E-state index in [-0.39, 0.29) is 0 Å². The Morgan fingerprint density at radius 2 is 0.643 bits per heavy atom. The van der Waals surface area contributed by atoms with Crippen molar-refractivity contribution >= 4 is 85.4 Å². The van der Waals surface area contributed by atoms with E-state index >= 15 is 0 Å². The van der Waals surface area contributed by atoms with Crippen LogP contribution in [0.3, 0.4) is 0 Å². The van der Waals surface area contributed by atoms with Gasteiger partial charge in [-0.3, -0.25) is 0 Å². The topological polar surface area (TPSA) is 0 Å². The van der Waals surface area contributed by atoms with Gasteiger partial charge in [-0.15, -0.1) is 0 Å². The summed E-state index contributed by atoms with van der Waals surface area (Å²) in [5.41, 5.74) is 3.54. The van der Waals surface area contributed by atoms with Crippen molar-refractivity contribution in [2.45, 2.75) is 250 Å². The van der Waals surface area contributed by atoms with E-state index in [9.17, 15) is 0 Å². The molecule has 0 amide bonds. The monoisotopic (exact) mass is 1020 g/mol. The Hall–Kier alpha value is 0.737. The molecule has 0 aliphatic heterocycles. The molecular formula is C52H94S2Sn2. The van der Waals surface area contributed by atoms with Crippen molar-refractivity contribution in [2.75, 3.05) is 0 Å². The second-order valence-corrected chi connectivity index (χ2v) is 53.4. The Morgan fingerprint density at radius 1 is 0.375 bits per heavy atom. The first kappa shape index (κ1) is 51.1. The minimum absolute atomic E-state index is 0.933. The molecule has 322 valence electrons. The van der Waals surface area contributed by atoms with Gasteiger partial charge in [-0.25, -0.2) is 0 Å². The Balaban J connectivity index is 1.89. The fourth-order valence-corrected chi connectivity index (χ4v) is 22.3. The van der Waals surface area contributed by atoms with Crippen LogP contribution < -0.4 is 5.79 Å². The van der Waals surface area contributed by atoms with Gasteiger partial charge in [0, 0.05) is 0 Å². The number of hydrogen-bond donors (Lipinski definition) is 0. The van der Waals surface area contributed by atoms with Crippen molar-refractivity contribution in [2.24, 2.45) is 11.8 Å². The van der Waals surface area contributed by atoms with Crippen LogP contribution in [0, 0.1) is 11.8 Å². The number of aryl methyl sites for hydroxylation is 2. The second kappa shape index (κ2) is 28.4. The zero-order valence-corrected chi connectivity index (χ0v) is 46.7. The van der Waals surface area contributed by atoms with Gasteiger partial charge in [-0.2, -0.15) is 0 Å². The molecule has 0 radical (unpaired) electrons. The van der Waals surface area contributed by atoms with Gasteiger partial charge in [0.1, 0.15) is 0 Å². The SMILES string of the molecule is CCCCCCCCC(CCCCCC)CCCc1c2c[c]([Sn]([CH3])([CH3])[CH3])sc2c(CCCC(CCCCCC)CCCCCCCC)c2c[c]([Sn]([CH3])([CH3])[CH3])sc12. The van der Waals surface area contributed by atoms with Gasteiger partial charge in [0.25, 0.3) is 0 Å². The number of benzene rings is 1. The van der Waals surface area contributed by atoms with Gasteiger partial charge in [0.2, 0.25) is 0 Å². The summed E-state index contributed by atoms with van der Waals surface area (Å²) in [6.07, 6.45) is 42.7. The second-order valence-electron chi connectivity index (χ2n) is 20.5. The van der Waals surface area contributed by atoms with Gasteiger partial charge in [-0.05, 0) is 0 Å². The molecule has 0 fully saturated rings. The summed E-state index contributed by atoms with van der Waals surface area (Å²) >= 11 is 0.0335. The van der Waals surface area contributed by atoms with Crippen LogP contribution in [-0.2, 0) is 12.8 Å². The molecule has 0 saturated carbocycles. The average molecular weight is 1020 g/mol. The summed E-state index contributed by atoms with van der Waals surface area (Å²) in [7, 11) is 0. The van der Waals surface area contributed by atoms with Crippen LogP contribution in [0.2, 0.25) is 29.6 Å². The van der Waals surface area contributed by atoms with Crippen LogP contribution in [0.1, 0.15) is 219 Å².